The van der Waals surface area contributed by atoms with Gasteiger partial charge >= 0.3 is 0 Å². The average Bonchev–Trinajstić information content (AvgIpc) is 3.04. The first kappa shape index (κ1) is 13.2. The average molecular weight is 315 g/mol. The maximum atomic E-state index is 9.13. The Hall–Kier alpha value is -2.50. The molecule has 1 fully saturated rings. The van der Waals surface area contributed by atoms with Gasteiger partial charge in [0, 0.05) is 26.2 Å². The minimum absolute atomic E-state index is 0.376. The normalized spacial score (nSPS) is 15.4. The number of piperazine rings is 1. The standard InChI is InChI=1S/C13H11ClN8/c14-9-6-10-11(5-8(9)7-15)22-13(18-19-20-22)12(17-10)21-3-1-16-2-4-21/h5-6,16H,1-4H2. The summed E-state index contributed by atoms with van der Waals surface area (Å²) >= 11 is 6.12. The van der Waals surface area contributed by atoms with E-state index in [1.54, 1.807) is 16.6 Å². The molecule has 4 rings (SSSR count). The fourth-order valence-corrected chi connectivity index (χ4v) is 2.84. The zero-order valence-electron chi connectivity index (χ0n) is 11.5. The van der Waals surface area contributed by atoms with Gasteiger partial charge < -0.3 is 10.2 Å². The molecule has 110 valence electrons. The monoisotopic (exact) mass is 314 g/mol. The van der Waals surface area contributed by atoms with E-state index in [0.717, 1.165) is 32.0 Å². The summed E-state index contributed by atoms with van der Waals surface area (Å²) < 4.78 is 1.61. The van der Waals surface area contributed by atoms with Crippen molar-refractivity contribution in [2.75, 3.05) is 31.1 Å². The Morgan fingerprint density at radius 3 is 2.86 bits per heavy atom. The molecular formula is C13H11ClN8. The lowest BCUT2D eigenvalue weighted by Crippen LogP contribution is -2.44. The quantitative estimate of drug-likeness (QED) is 0.703. The topological polar surface area (TPSA) is 95.0 Å². The van der Waals surface area contributed by atoms with Crippen LogP contribution in [0.3, 0.4) is 0 Å². The third-order valence-electron chi connectivity index (χ3n) is 3.73. The lowest BCUT2D eigenvalue weighted by molar-refractivity contribution is 0.586. The number of hydrogen-bond donors (Lipinski definition) is 1. The molecule has 1 N–H and O–H groups in total. The van der Waals surface area contributed by atoms with E-state index in [1.165, 1.54) is 0 Å². The van der Waals surface area contributed by atoms with Crippen LogP contribution in [0.2, 0.25) is 5.02 Å². The molecule has 9 heteroatoms. The zero-order chi connectivity index (χ0) is 15.1. The van der Waals surface area contributed by atoms with E-state index in [2.05, 4.69) is 36.8 Å². The summed E-state index contributed by atoms with van der Waals surface area (Å²) in [7, 11) is 0. The Labute approximate surface area is 130 Å². The van der Waals surface area contributed by atoms with Gasteiger partial charge in [-0.15, -0.1) is 5.10 Å². The van der Waals surface area contributed by atoms with Gasteiger partial charge in [0.25, 0.3) is 0 Å². The van der Waals surface area contributed by atoms with Gasteiger partial charge in [-0.1, -0.05) is 11.6 Å². The van der Waals surface area contributed by atoms with Gasteiger partial charge in [0.1, 0.15) is 6.07 Å². The smallest absolute Gasteiger partial charge is 0.222 e. The second-order valence-corrected chi connectivity index (χ2v) is 5.43. The molecule has 1 saturated heterocycles. The lowest BCUT2D eigenvalue weighted by atomic mass is 10.2. The Kier molecular flexibility index (Phi) is 3.03. The Balaban J connectivity index is 2.01. The number of nitrogens with one attached hydrogen (secondary N) is 1. The first-order valence-electron chi connectivity index (χ1n) is 6.85. The van der Waals surface area contributed by atoms with Crippen molar-refractivity contribution in [2.45, 2.75) is 0 Å². The first-order chi connectivity index (χ1) is 10.8. The van der Waals surface area contributed by atoms with E-state index < -0.39 is 0 Å². The Morgan fingerprint density at radius 2 is 2.09 bits per heavy atom. The molecule has 0 amide bonds. The summed E-state index contributed by atoms with van der Waals surface area (Å²) in [5.74, 6) is 0.736. The SMILES string of the molecule is N#Cc1cc2c(cc1Cl)nc(N1CCNCC1)c1nnnn12. The van der Waals surface area contributed by atoms with E-state index >= 15 is 0 Å². The molecule has 0 aliphatic carbocycles. The van der Waals surface area contributed by atoms with Crippen molar-refractivity contribution in [1.29, 1.82) is 5.26 Å². The second-order valence-electron chi connectivity index (χ2n) is 5.02. The third kappa shape index (κ3) is 1.94. The molecule has 2 aromatic heterocycles. The molecule has 0 unspecified atom stereocenters. The molecule has 0 atom stereocenters. The largest absolute Gasteiger partial charge is 0.351 e. The van der Waals surface area contributed by atoms with Crippen LogP contribution in [0.15, 0.2) is 12.1 Å². The van der Waals surface area contributed by atoms with Crippen LogP contribution < -0.4 is 10.2 Å². The van der Waals surface area contributed by atoms with Crippen LogP contribution >= 0.6 is 11.6 Å². The predicted octanol–water partition coefficient (Wildman–Crippen LogP) is 0.607. The number of anilines is 1. The Morgan fingerprint density at radius 1 is 1.27 bits per heavy atom. The number of tetrazole rings is 1. The minimum atomic E-state index is 0.376. The highest BCUT2D eigenvalue weighted by molar-refractivity contribution is 6.32. The van der Waals surface area contributed by atoms with Crippen molar-refractivity contribution in [2.24, 2.45) is 0 Å². The summed E-state index contributed by atoms with van der Waals surface area (Å²) in [6, 6.07) is 5.41. The number of fused-ring (bicyclic) bond motifs is 3. The van der Waals surface area contributed by atoms with Crippen LogP contribution in [-0.2, 0) is 0 Å². The maximum absolute atomic E-state index is 9.13. The van der Waals surface area contributed by atoms with Crippen LogP contribution in [0.25, 0.3) is 16.7 Å². The van der Waals surface area contributed by atoms with E-state index in [9.17, 15) is 0 Å². The summed E-state index contributed by atoms with van der Waals surface area (Å²) in [5, 5.41) is 24.7. The summed E-state index contributed by atoms with van der Waals surface area (Å²) in [6.07, 6.45) is 0. The van der Waals surface area contributed by atoms with Crippen LogP contribution in [0.1, 0.15) is 5.56 Å². The van der Waals surface area contributed by atoms with Crippen LogP contribution in [0, 0.1) is 11.3 Å². The van der Waals surface area contributed by atoms with Crippen LogP contribution in [-0.4, -0.2) is 51.2 Å². The van der Waals surface area contributed by atoms with Crippen molar-refractivity contribution in [3.8, 4) is 6.07 Å². The third-order valence-corrected chi connectivity index (χ3v) is 4.04. The van der Waals surface area contributed by atoms with E-state index in [1.807, 2.05) is 0 Å². The highest BCUT2D eigenvalue weighted by Gasteiger charge is 2.20. The molecule has 1 aromatic carbocycles. The van der Waals surface area contributed by atoms with Crippen molar-refractivity contribution in [3.05, 3.63) is 22.7 Å². The van der Waals surface area contributed by atoms with Crippen molar-refractivity contribution >= 4 is 34.1 Å². The van der Waals surface area contributed by atoms with Gasteiger partial charge in [0.05, 0.1) is 21.6 Å². The molecule has 1 aliphatic rings. The van der Waals surface area contributed by atoms with Crippen LogP contribution in [0.5, 0.6) is 0 Å². The highest BCUT2D eigenvalue weighted by Crippen LogP contribution is 2.27. The number of aromatic nitrogens is 5. The van der Waals surface area contributed by atoms with Gasteiger partial charge in [-0.2, -0.15) is 9.78 Å². The van der Waals surface area contributed by atoms with Gasteiger partial charge in [-0.25, -0.2) is 4.98 Å². The van der Waals surface area contributed by atoms with E-state index in [0.29, 0.717) is 27.3 Å². The summed E-state index contributed by atoms with van der Waals surface area (Å²) in [4.78, 5) is 6.82. The number of halogens is 1. The molecule has 3 heterocycles. The summed E-state index contributed by atoms with van der Waals surface area (Å²) in [6.45, 7) is 3.46. The van der Waals surface area contributed by atoms with Crippen LogP contribution in [0.4, 0.5) is 5.82 Å². The van der Waals surface area contributed by atoms with Crippen molar-refractivity contribution in [1.82, 2.24) is 30.3 Å². The molecule has 22 heavy (non-hydrogen) atoms. The van der Waals surface area contributed by atoms with Crippen molar-refractivity contribution < 1.29 is 0 Å². The number of rotatable bonds is 1. The lowest BCUT2D eigenvalue weighted by Gasteiger charge is -2.28. The number of hydrogen-bond acceptors (Lipinski definition) is 7. The molecule has 0 radical (unpaired) electrons. The molecule has 0 saturated carbocycles. The molecule has 3 aromatic rings. The zero-order valence-corrected chi connectivity index (χ0v) is 12.2. The predicted molar refractivity (Wildman–Crippen MR) is 80.9 cm³/mol. The molecule has 0 spiro atoms. The molecule has 0 bridgehead atoms. The molecule has 1 aliphatic heterocycles. The van der Waals surface area contributed by atoms with E-state index in [4.69, 9.17) is 16.9 Å². The number of nitriles is 1. The number of nitrogens with zero attached hydrogens (tertiary/aromatic N) is 7. The fourth-order valence-electron chi connectivity index (χ4n) is 2.64. The van der Waals surface area contributed by atoms with Crippen molar-refractivity contribution in [3.63, 3.8) is 0 Å². The highest BCUT2D eigenvalue weighted by atomic mass is 35.5. The molecular weight excluding hydrogens is 304 g/mol. The first-order valence-corrected chi connectivity index (χ1v) is 7.23. The summed E-state index contributed by atoms with van der Waals surface area (Å²) in [5.41, 5.74) is 2.29. The van der Waals surface area contributed by atoms with Gasteiger partial charge in [-0.05, 0) is 22.6 Å². The molecule has 8 nitrogen and oxygen atoms in total. The second kappa shape index (κ2) is 5.05. The van der Waals surface area contributed by atoms with Gasteiger partial charge in [0.15, 0.2) is 5.82 Å². The minimum Gasteiger partial charge on any atom is -0.351 e. The van der Waals surface area contributed by atoms with E-state index in [-0.39, 0.29) is 0 Å². The fraction of sp³-hybridized carbons (Fsp3) is 0.308. The Bertz CT molecular complexity index is 906. The maximum Gasteiger partial charge on any atom is 0.222 e. The van der Waals surface area contributed by atoms with Gasteiger partial charge in [0.2, 0.25) is 5.65 Å². The number of benzene rings is 1. The van der Waals surface area contributed by atoms with Gasteiger partial charge in [-0.3, -0.25) is 0 Å².